The highest BCUT2D eigenvalue weighted by Crippen LogP contribution is 2.26. The Hall–Kier alpha value is -0.670. The highest BCUT2D eigenvalue weighted by atomic mass is 79.9. The molecule has 0 saturated heterocycles. The monoisotopic (exact) mass is 392 g/mol. The third-order valence-corrected chi connectivity index (χ3v) is 6.21. The molecule has 0 spiro atoms. The van der Waals surface area contributed by atoms with Gasteiger partial charge in [0.05, 0.1) is 6.54 Å². The first kappa shape index (κ1) is 16.7. The van der Waals surface area contributed by atoms with E-state index in [-0.39, 0.29) is 9.56 Å². The van der Waals surface area contributed by atoms with Crippen LogP contribution >= 0.6 is 27.3 Å². The number of hydrogen-bond donors (Lipinski definition) is 2. The van der Waals surface area contributed by atoms with Gasteiger partial charge in [-0.3, -0.25) is 0 Å². The van der Waals surface area contributed by atoms with Gasteiger partial charge >= 0.3 is 0 Å². The Balaban J connectivity index is 2.15. The van der Waals surface area contributed by atoms with Gasteiger partial charge in [0, 0.05) is 17.5 Å². The SMILES string of the molecule is CCc1ccsc1CNS(=O)(=O)c1cc(CNC)oc1Br. The Bertz CT molecular complexity index is 707. The fourth-order valence-electron chi connectivity index (χ4n) is 1.92. The Kier molecular flexibility index (Phi) is 5.61. The molecule has 0 amide bonds. The van der Waals surface area contributed by atoms with Crippen molar-refractivity contribution in [2.45, 2.75) is 31.3 Å². The van der Waals surface area contributed by atoms with E-state index in [1.54, 1.807) is 18.4 Å². The Morgan fingerprint density at radius 1 is 1.38 bits per heavy atom. The Morgan fingerprint density at radius 3 is 2.81 bits per heavy atom. The van der Waals surface area contributed by atoms with Crippen molar-refractivity contribution in [1.82, 2.24) is 10.0 Å². The highest BCUT2D eigenvalue weighted by molar-refractivity contribution is 9.10. The molecule has 0 atom stereocenters. The van der Waals surface area contributed by atoms with Crippen molar-refractivity contribution in [3.63, 3.8) is 0 Å². The molecule has 21 heavy (non-hydrogen) atoms. The van der Waals surface area contributed by atoms with Gasteiger partial charge in [0.1, 0.15) is 10.7 Å². The largest absolute Gasteiger partial charge is 0.452 e. The lowest BCUT2D eigenvalue weighted by Crippen LogP contribution is -2.23. The van der Waals surface area contributed by atoms with E-state index in [0.717, 1.165) is 11.3 Å². The van der Waals surface area contributed by atoms with Gasteiger partial charge < -0.3 is 9.73 Å². The summed E-state index contributed by atoms with van der Waals surface area (Å²) in [6.07, 6.45) is 0.891. The summed E-state index contributed by atoms with van der Waals surface area (Å²) in [5.74, 6) is 0.565. The van der Waals surface area contributed by atoms with E-state index in [2.05, 4.69) is 32.9 Å². The van der Waals surface area contributed by atoms with E-state index in [4.69, 9.17) is 4.42 Å². The molecule has 0 aliphatic rings. The minimum absolute atomic E-state index is 0.127. The van der Waals surface area contributed by atoms with Crippen LogP contribution in [0.3, 0.4) is 0 Å². The number of hydrogen-bond acceptors (Lipinski definition) is 5. The van der Waals surface area contributed by atoms with Crippen molar-refractivity contribution in [2.75, 3.05) is 7.05 Å². The minimum atomic E-state index is -3.60. The van der Waals surface area contributed by atoms with Gasteiger partial charge in [0.25, 0.3) is 0 Å². The first-order chi connectivity index (χ1) is 9.97. The summed E-state index contributed by atoms with van der Waals surface area (Å²) < 4.78 is 32.9. The summed E-state index contributed by atoms with van der Waals surface area (Å²) in [7, 11) is -1.83. The molecule has 8 heteroatoms. The fourth-order valence-corrected chi connectivity index (χ4v) is 4.92. The number of halogens is 1. The zero-order valence-electron chi connectivity index (χ0n) is 11.8. The predicted octanol–water partition coefficient (Wildman–Crippen LogP) is 2.86. The van der Waals surface area contributed by atoms with Gasteiger partial charge in [-0.15, -0.1) is 11.3 Å². The van der Waals surface area contributed by atoms with Crippen LogP contribution in [0.1, 0.15) is 23.1 Å². The predicted molar refractivity (Wildman–Crippen MR) is 86.9 cm³/mol. The summed E-state index contributed by atoms with van der Waals surface area (Å²) in [5, 5.41) is 4.89. The smallest absolute Gasteiger partial charge is 0.245 e. The van der Waals surface area contributed by atoms with Crippen LogP contribution in [0.4, 0.5) is 0 Å². The van der Waals surface area contributed by atoms with Crippen molar-refractivity contribution in [3.8, 4) is 0 Å². The maximum absolute atomic E-state index is 12.3. The average Bonchev–Trinajstić information content (AvgIpc) is 3.03. The first-order valence-electron chi connectivity index (χ1n) is 6.45. The molecule has 0 radical (unpaired) electrons. The lowest BCUT2D eigenvalue weighted by molar-refractivity contribution is 0.470. The van der Waals surface area contributed by atoms with Gasteiger partial charge in [-0.05, 0) is 46.4 Å². The maximum Gasteiger partial charge on any atom is 0.245 e. The van der Waals surface area contributed by atoms with Crippen molar-refractivity contribution in [1.29, 1.82) is 0 Å². The topological polar surface area (TPSA) is 71.3 Å². The molecule has 0 fully saturated rings. The quantitative estimate of drug-likeness (QED) is 0.759. The molecule has 0 unspecified atom stereocenters. The average molecular weight is 393 g/mol. The van der Waals surface area contributed by atoms with Crippen molar-refractivity contribution < 1.29 is 12.8 Å². The van der Waals surface area contributed by atoms with E-state index in [1.807, 2.05) is 11.4 Å². The van der Waals surface area contributed by atoms with Crippen LogP contribution < -0.4 is 10.0 Å². The molecule has 0 saturated carbocycles. The fraction of sp³-hybridized carbons (Fsp3) is 0.385. The molecule has 2 aromatic heterocycles. The number of furan rings is 1. The molecular formula is C13H17BrN2O3S2. The third-order valence-electron chi connectivity index (χ3n) is 2.99. The third kappa shape index (κ3) is 3.95. The van der Waals surface area contributed by atoms with Crippen LogP contribution in [0.2, 0.25) is 0 Å². The van der Waals surface area contributed by atoms with E-state index >= 15 is 0 Å². The van der Waals surface area contributed by atoms with Crippen LogP contribution in [0.25, 0.3) is 0 Å². The molecule has 0 bridgehead atoms. The van der Waals surface area contributed by atoms with Crippen LogP contribution in [0.5, 0.6) is 0 Å². The molecule has 0 aromatic carbocycles. The molecule has 5 nitrogen and oxygen atoms in total. The van der Waals surface area contributed by atoms with E-state index in [1.165, 1.54) is 11.6 Å². The second kappa shape index (κ2) is 7.06. The summed E-state index contributed by atoms with van der Waals surface area (Å²) in [6.45, 7) is 2.82. The lowest BCUT2D eigenvalue weighted by Gasteiger charge is -2.05. The maximum atomic E-state index is 12.3. The van der Waals surface area contributed by atoms with Crippen LogP contribution in [0.15, 0.2) is 31.5 Å². The molecule has 2 rings (SSSR count). The Morgan fingerprint density at radius 2 is 2.14 bits per heavy atom. The van der Waals surface area contributed by atoms with Crippen LogP contribution in [0, 0.1) is 0 Å². The molecule has 0 aliphatic carbocycles. The second-order valence-corrected chi connectivity index (χ2v) is 7.88. The van der Waals surface area contributed by atoms with Crippen LogP contribution in [-0.2, 0) is 29.5 Å². The summed E-state index contributed by atoms with van der Waals surface area (Å²) in [5.41, 5.74) is 1.17. The number of rotatable bonds is 7. The zero-order chi connectivity index (χ0) is 15.5. The molecule has 2 aromatic rings. The Labute approximate surface area is 136 Å². The molecule has 116 valence electrons. The van der Waals surface area contributed by atoms with Crippen molar-refractivity contribution >= 4 is 37.3 Å². The van der Waals surface area contributed by atoms with Gasteiger partial charge in [0.2, 0.25) is 10.0 Å². The second-order valence-electron chi connectivity index (χ2n) is 4.43. The number of nitrogens with one attached hydrogen (secondary N) is 2. The number of aryl methyl sites for hydroxylation is 1. The van der Waals surface area contributed by atoms with Gasteiger partial charge in [0.15, 0.2) is 4.67 Å². The van der Waals surface area contributed by atoms with Gasteiger partial charge in [-0.25, -0.2) is 13.1 Å². The van der Waals surface area contributed by atoms with Crippen molar-refractivity contribution in [3.05, 3.63) is 38.4 Å². The minimum Gasteiger partial charge on any atom is -0.452 e. The first-order valence-corrected chi connectivity index (χ1v) is 9.61. The molecular weight excluding hydrogens is 376 g/mol. The lowest BCUT2D eigenvalue weighted by atomic mass is 10.2. The zero-order valence-corrected chi connectivity index (χ0v) is 15.0. The normalized spacial score (nSPS) is 12.0. The van der Waals surface area contributed by atoms with Gasteiger partial charge in [-0.2, -0.15) is 0 Å². The van der Waals surface area contributed by atoms with E-state index < -0.39 is 10.0 Å². The number of thiophene rings is 1. The van der Waals surface area contributed by atoms with E-state index in [0.29, 0.717) is 18.8 Å². The summed E-state index contributed by atoms with van der Waals surface area (Å²) in [4.78, 5) is 1.17. The van der Waals surface area contributed by atoms with Crippen molar-refractivity contribution in [2.24, 2.45) is 0 Å². The van der Waals surface area contributed by atoms with E-state index in [9.17, 15) is 8.42 Å². The molecule has 2 heterocycles. The standard InChI is InChI=1S/C13H17BrN2O3S2/c1-3-9-4-5-20-11(9)8-16-21(17,18)12-6-10(7-15-2)19-13(12)14/h4-6,15-16H,3,7-8H2,1-2H3. The summed E-state index contributed by atoms with van der Waals surface area (Å²) >= 11 is 4.71. The summed E-state index contributed by atoms with van der Waals surface area (Å²) in [6, 6.07) is 3.55. The number of sulfonamides is 1. The highest BCUT2D eigenvalue weighted by Gasteiger charge is 2.22. The van der Waals surface area contributed by atoms with Crippen LogP contribution in [-0.4, -0.2) is 15.5 Å². The van der Waals surface area contributed by atoms with Gasteiger partial charge in [-0.1, -0.05) is 6.92 Å². The molecule has 2 N–H and O–H groups in total. The molecule has 0 aliphatic heterocycles.